The fourth-order valence-electron chi connectivity index (χ4n) is 0. The summed E-state index contributed by atoms with van der Waals surface area (Å²) in [7, 11) is 0. The first kappa shape index (κ1) is 1820. The van der Waals surface area contributed by atoms with Gasteiger partial charge in [-0.2, -0.15) is 0 Å². The molecule has 0 aromatic heterocycles. The van der Waals surface area contributed by atoms with Gasteiger partial charge in [0.15, 0.2) is 0 Å². The van der Waals surface area contributed by atoms with Crippen LogP contribution < -0.4 is 0 Å². The van der Waals surface area contributed by atoms with E-state index in [1.807, 2.05) is 0 Å². The molecule has 0 saturated heterocycles. The summed E-state index contributed by atoms with van der Waals surface area (Å²) in [5, 5.41) is 0. The molecule has 1 radical (unpaired) electrons. The van der Waals surface area contributed by atoms with E-state index in [9.17, 15) is 0 Å². The van der Waals surface area contributed by atoms with Gasteiger partial charge in [0.05, 0.1) is 0 Å². The predicted octanol–water partition coefficient (Wildman–Crippen LogP) is -4.95. The Morgan fingerprint density at radius 3 is 0.286 bits per heavy atom. The number of hydrogen-bond acceptors (Lipinski definition) is 0. The van der Waals surface area contributed by atoms with Crippen molar-refractivity contribution in [3.63, 3.8) is 0 Å². The van der Waals surface area contributed by atoms with Crippen LogP contribution in [0.2, 0.25) is 0 Å². The molecule has 0 aromatic rings. The first-order valence-corrected chi connectivity index (χ1v) is 0. The third-order valence-electron chi connectivity index (χ3n) is 0. The molecule has 0 aromatic carbocycles. The van der Waals surface area contributed by atoms with Crippen LogP contribution in [0.5, 0.6) is 0 Å². The standard InChI is InChI=1S/Ir.6H2O/h;6*1H2. The zero-order chi connectivity index (χ0) is 0. The van der Waals surface area contributed by atoms with Crippen molar-refractivity contribution in [1.29, 1.82) is 0 Å². The van der Waals surface area contributed by atoms with Gasteiger partial charge < -0.3 is 32.9 Å². The van der Waals surface area contributed by atoms with E-state index in [1.54, 1.807) is 0 Å². The average molecular weight is 300 g/mol. The van der Waals surface area contributed by atoms with Crippen molar-refractivity contribution in [1.82, 2.24) is 0 Å². The molecule has 0 atom stereocenters. The quantitative estimate of drug-likeness (QED) is 0.414. The monoisotopic (exact) mass is 301 g/mol. The molecule has 0 spiro atoms. The Balaban J connectivity index is 0. The first-order chi connectivity index (χ1) is 0. The van der Waals surface area contributed by atoms with Crippen LogP contribution in [0.3, 0.4) is 0 Å². The SMILES string of the molecule is O.O.O.O.O.O.[Ir]. The summed E-state index contributed by atoms with van der Waals surface area (Å²) in [4.78, 5) is 0. The summed E-state index contributed by atoms with van der Waals surface area (Å²) in [5.74, 6) is 0. The van der Waals surface area contributed by atoms with Crippen LogP contribution in [0, 0.1) is 0 Å². The van der Waals surface area contributed by atoms with Gasteiger partial charge >= 0.3 is 0 Å². The maximum atomic E-state index is 0. The van der Waals surface area contributed by atoms with Gasteiger partial charge in [0.25, 0.3) is 0 Å². The Morgan fingerprint density at radius 1 is 0.286 bits per heavy atom. The van der Waals surface area contributed by atoms with Gasteiger partial charge in [-0.1, -0.05) is 0 Å². The van der Waals surface area contributed by atoms with Crippen LogP contribution in [-0.4, -0.2) is 32.9 Å². The molecule has 7 heteroatoms. The van der Waals surface area contributed by atoms with Crippen LogP contribution in [0.25, 0.3) is 0 Å². The Morgan fingerprint density at radius 2 is 0.286 bits per heavy atom. The van der Waals surface area contributed by atoms with Gasteiger partial charge in [0.2, 0.25) is 0 Å². The molecule has 0 heterocycles. The predicted molar refractivity (Wildman–Crippen MR) is 21.7 cm³/mol. The Hall–Kier alpha value is 0.409. The van der Waals surface area contributed by atoms with Crippen LogP contribution in [0.4, 0.5) is 0 Å². The van der Waals surface area contributed by atoms with E-state index in [4.69, 9.17) is 0 Å². The summed E-state index contributed by atoms with van der Waals surface area (Å²) in [6, 6.07) is 0. The smallest absolute Gasteiger partial charge is 0 e. The maximum Gasteiger partial charge on any atom is 0 e. The van der Waals surface area contributed by atoms with E-state index < -0.39 is 0 Å². The summed E-state index contributed by atoms with van der Waals surface area (Å²) in [6.45, 7) is 0. The first-order valence-electron chi connectivity index (χ1n) is 0. The van der Waals surface area contributed by atoms with E-state index in [0.717, 1.165) is 0 Å². The van der Waals surface area contributed by atoms with Crippen LogP contribution in [0.15, 0.2) is 0 Å². The molecule has 0 amide bonds. The van der Waals surface area contributed by atoms with E-state index in [-0.39, 0.29) is 53.0 Å². The Bertz CT molecular complexity index is 4.14. The van der Waals surface area contributed by atoms with Crippen LogP contribution >= 0.6 is 0 Å². The van der Waals surface area contributed by atoms with E-state index in [0.29, 0.717) is 0 Å². The van der Waals surface area contributed by atoms with Gasteiger partial charge in [-0.3, -0.25) is 0 Å². The van der Waals surface area contributed by atoms with Crippen molar-refractivity contribution in [3.8, 4) is 0 Å². The summed E-state index contributed by atoms with van der Waals surface area (Å²) >= 11 is 0. The molecule has 0 bridgehead atoms. The van der Waals surface area contributed by atoms with Crippen molar-refractivity contribution < 1.29 is 53.0 Å². The van der Waals surface area contributed by atoms with Crippen LogP contribution in [-0.2, 0) is 20.1 Å². The fourth-order valence-corrected chi connectivity index (χ4v) is 0. The molecule has 0 fully saturated rings. The molecule has 0 aliphatic carbocycles. The summed E-state index contributed by atoms with van der Waals surface area (Å²) in [6.07, 6.45) is 0. The minimum Gasteiger partial charge on any atom is -0.412 e. The third kappa shape index (κ3) is 744. The summed E-state index contributed by atoms with van der Waals surface area (Å²) < 4.78 is 0. The van der Waals surface area contributed by atoms with E-state index in [2.05, 4.69) is 0 Å². The molecule has 0 rings (SSSR count). The average Bonchev–Trinajstić information content (AvgIpc) is 0. The van der Waals surface area contributed by atoms with Crippen molar-refractivity contribution in [2.75, 3.05) is 0 Å². The van der Waals surface area contributed by atoms with Crippen molar-refractivity contribution in [3.05, 3.63) is 0 Å². The van der Waals surface area contributed by atoms with Crippen LogP contribution in [0.1, 0.15) is 0 Å². The molecule has 12 N–H and O–H groups in total. The van der Waals surface area contributed by atoms with Crippen molar-refractivity contribution in [2.24, 2.45) is 0 Å². The Labute approximate surface area is 53.7 Å². The zero-order valence-electron chi connectivity index (χ0n) is 3.33. The second-order valence-corrected chi connectivity index (χ2v) is 0. The molecule has 0 aliphatic heterocycles. The topological polar surface area (TPSA) is 189 Å². The molecule has 0 saturated carbocycles. The van der Waals surface area contributed by atoms with Gasteiger partial charge in [0, 0.05) is 20.1 Å². The number of rotatable bonds is 0. The van der Waals surface area contributed by atoms with Gasteiger partial charge in [-0.15, -0.1) is 0 Å². The summed E-state index contributed by atoms with van der Waals surface area (Å²) in [5.41, 5.74) is 0. The Kier molecular flexibility index (Phi) is 290000. The van der Waals surface area contributed by atoms with Crippen molar-refractivity contribution >= 4 is 0 Å². The zero-order valence-corrected chi connectivity index (χ0v) is 5.73. The minimum atomic E-state index is 0. The molecule has 0 aliphatic rings. The molecule has 7 heavy (non-hydrogen) atoms. The largest absolute Gasteiger partial charge is 0.412 e. The van der Waals surface area contributed by atoms with Gasteiger partial charge in [0.1, 0.15) is 0 Å². The van der Waals surface area contributed by atoms with Gasteiger partial charge in [-0.25, -0.2) is 0 Å². The van der Waals surface area contributed by atoms with E-state index in [1.165, 1.54) is 0 Å². The molecular formula is H12IrO6. The molecule has 6 nitrogen and oxygen atoms in total. The molecular weight excluding hydrogens is 288 g/mol. The molecule has 0 unspecified atom stereocenters. The van der Waals surface area contributed by atoms with E-state index >= 15 is 0 Å². The second-order valence-electron chi connectivity index (χ2n) is 0. The fraction of sp³-hybridized carbons (Fsp3) is 0. The number of hydrogen-bond donors (Lipinski definition) is 0. The second kappa shape index (κ2) is 1120. The third-order valence-corrected chi connectivity index (χ3v) is 0. The molecule has 57 valence electrons. The minimum absolute atomic E-state index is 0. The maximum absolute atomic E-state index is 0. The van der Waals surface area contributed by atoms with Gasteiger partial charge in [-0.05, 0) is 0 Å². The normalized spacial score (nSPS) is 0. The van der Waals surface area contributed by atoms with Crippen molar-refractivity contribution in [2.45, 2.75) is 0 Å².